The number of hydrogen-bond donors (Lipinski definition) is 2. The third-order valence-electron chi connectivity index (χ3n) is 1.06. The highest BCUT2D eigenvalue weighted by molar-refractivity contribution is 5.73. The van der Waals surface area contributed by atoms with Crippen molar-refractivity contribution in [2.75, 3.05) is 0 Å². The van der Waals surface area contributed by atoms with Crippen molar-refractivity contribution in [1.29, 1.82) is 0 Å². The van der Waals surface area contributed by atoms with Gasteiger partial charge in [-0.15, -0.1) is 0 Å². The van der Waals surface area contributed by atoms with E-state index in [1.807, 2.05) is 0 Å². The van der Waals surface area contributed by atoms with Crippen molar-refractivity contribution in [2.45, 2.75) is 19.9 Å². The molecule has 0 amide bonds. The predicted molar refractivity (Wildman–Crippen MR) is 32.8 cm³/mol. The fourth-order valence-corrected chi connectivity index (χ4v) is 0.472. The van der Waals surface area contributed by atoms with E-state index in [-0.39, 0.29) is 5.92 Å². The second-order valence-corrected chi connectivity index (χ2v) is 2.18. The van der Waals surface area contributed by atoms with E-state index < -0.39 is 12.0 Å². The summed E-state index contributed by atoms with van der Waals surface area (Å²) in [5.41, 5.74) is 1.45. The van der Waals surface area contributed by atoms with Crippen LogP contribution in [0.2, 0.25) is 0 Å². The fraction of sp³-hybridized carbons (Fsp3) is 0.800. The molecule has 54 valence electrons. The lowest BCUT2D eigenvalue weighted by molar-refractivity contribution is -0.140. The first kappa shape index (κ1) is 8.39. The van der Waals surface area contributed by atoms with Crippen molar-refractivity contribution in [2.24, 2.45) is 5.92 Å². The molecule has 4 heteroatoms. The molecule has 0 aliphatic rings. The van der Waals surface area contributed by atoms with Crippen LogP contribution in [-0.4, -0.2) is 17.1 Å². The number of carboxylic acid groups (broad SMARTS) is 1. The average Bonchev–Trinajstić information content (AvgIpc) is 1.64. The van der Waals surface area contributed by atoms with Gasteiger partial charge in [-0.1, -0.05) is 13.8 Å². The third-order valence-corrected chi connectivity index (χ3v) is 1.06. The van der Waals surface area contributed by atoms with Gasteiger partial charge >= 0.3 is 5.97 Å². The minimum absolute atomic E-state index is 0.167. The summed E-state index contributed by atoms with van der Waals surface area (Å²) in [7, 11) is 0. The number of rotatable bonds is 3. The monoisotopic (exact) mass is 132 g/mol. The summed E-state index contributed by atoms with van der Waals surface area (Å²) in [6.45, 7) is 3.34. The Balaban J connectivity index is 3.83. The van der Waals surface area contributed by atoms with Gasteiger partial charge in [0, 0.05) is 0 Å². The molecule has 2 N–H and O–H groups in total. The molecule has 0 aliphatic carbocycles. The van der Waals surface area contributed by atoms with Crippen LogP contribution in [0.4, 0.5) is 0 Å². The van der Waals surface area contributed by atoms with Crippen molar-refractivity contribution >= 4 is 5.97 Å². The van der Waals surface area contributed by atoms with Crippen molar-refractivity contribution in [3.05, 3.63) is 5.21 Å². The van der Waals surface area contributed by atoms with Crippen LogP contribution in [0.15, 0.2) is 0 Å². The number of hydrogen-bond acceptors (Lipinski definition) is 3. The minimum Gasteiger partial charge on any atom is -0.787 e. The summed E-state index contributed by atoms with van der Waals surface area (Å²) < 4.78 is 0. The van der Waals surface area contributed by atoms with Crippen LogP contribution in [0.25, 0.3) is 0 Å². The Labute approximate surface area is 53.5 Å². The van der Waals surface area contributed by atoms with Crippen molar-refractivity contribution in [3.63, 3.8) is 0 Å². The molecule has 0 unspecified atom stereocenters. The van der Waals surface area contributed by atoms with Crippen LogP contribution in [0.1, 0.15) is 13.8 Å². The summed E-state index contributed by atoms with van der Waals surface area (Å²) in [4.78, 5) is 10.1. The first-order valence-electron chi connectivity index (χ1n) is 2.70. The van der Waals surface area contributed by atoms with Crippen molar-refractivity contribution < 1.29 is 9.90 Å². The van der Waals surface area contributed by atoms with Gasteiger partial charge in [0.2, 0.25) is 0 Å². The average molecular weight is 132 g/mol. The molecule has 0 radical (unpaired) electrons. The Morgan fingerprint density at radius 2 is 2.11 bits per heavy atom. The van der Waals surface area contributed by atoms with E-state index in [9.17, 15) is 10.0 Å². The quantitative estimate of drug-likeness (QED) is 0.537. The number of hydroxylamine groups is 1. The lowest BCUT2D eigenvalue weighted by Gasteiger charge is -2.20. The van der Waals surface area contributed by atoms with E-state index in [2.05, 4.69) is 0 Å². The Morgan fingerprint density at radius 1 is 1.67 bits per heavy atom. The van der Waals surface area contributed by atoms with Crippen LogP contribution in [0.5, 0.6) is 0 Å². The van der Waals surface area contributed by atoms with E-state index in [4.69, 9.17) is 5.11 Å². The van der Waals surface area contributed by atoms with Crippen LogP contribution in [-0.2, 0) is 4.79 Å². The molecule has 1 atom stereocenters. The summed E-state index contributed by atoms with van der Waals surface area (Å²) >= 11 is 0. The Kier molecular flexibility index (Phi) is 3.19. The maximum atomic E-state index is 10.1. The molecule has 0 bridgehead atoms. The van der Waals surface area contributed by atoms with Crippen LogP contribution >= 0.6 is 0 Å². The predicted octanol–water partition coefficient (Wildman–Crippen LogP) is 0.183. The van der Waals surface area contributed by atoms with E-state index in [0.717, 1.165) is 0 Å². The third kappa shape index (κ3) is 2.43. The van der Waals surface area contributed by atoms with Gasteiger partial charge in [-0.3, -0.25) is 4.79 Å². The number of nitrogens with one attached hydrogen (secondary N) is 1. The molecular formula is C5H10NO3-. The maximum absolute atomic E-state index is 10.1. The molecule has 0 rings (SSSR count). The molecular weight excluding hydrogens is 122 g/mol. The van der Waals surface area contributed by atoms with Gasteiger partial charge in [0.15, 0.2) is 0 Å². The van der Waals surface area contributed by atoms with Crippen molar-refractivity contribution in [3.8, 4) is 0 Å². The number of carbonyl (C=O) groups is 1. The molecule has 0 aliphatic heterocycles. The van der Waals surface area contributed by atoms with E-state index in [0.29, 0.717) is 0 Å². The zero-order valence-corrected chi connectivity index (χ0v) is 5.42. The van der Waals surface area contributed by atoms with Gasteiger partial charge in [-0.05, 0) is 5.92 Å². The molecule has 0 fully saturated rings. The lowest BCUT2D eigenvalue weighted by Crippen LogP contribution is -2.37. The highest BCUT2D eigenvalue weighted by Crippen LogP contribution is 1.99. The molecule has 0 saturated carbocycles. The first-order chi connectivity index (χ1) is 4.09. The standard InChI is InChI=1S/C5H10NO3/c1-3(2)4(6-9)5(7)8/h3-4,6H,1-2H3,(H,7,8)/q-1/t4-/m0/s1. The van der Waals surface area contributed by atoms with Gasteiger partial charge in [0.1, 0.15) is 0 Å². The summed E-state index contributed by atoms with van der Waals surface area (Å²) in [5, 5.41) is 18.2. The highest BCUT2D eigenvalue weighted by atomic mass is 16.5. The van der Waals surface area contributed by atoms with E-state index >= 15 is 0 Å². The normalized spacial score (nSPS) is 13.8. The molecule has 0 saturated heterocycles. The Hall–Kier alpha value is -0.610. The minimum atomic E-state index is -1.10. The molecule has 0 spiro atoms. The molecule has 0 aromatic carbocycles. The fourth-order valence-electron chi connectivity index (χ4n) is 0.472. The van der Waals surface area contributed by atoms with Crippen LogP contribution in [0, 0.1) is 11.1 Å². The van der Waals surface area contributed by atoms with Gasteiger partial charge in [-0.25, -0.2) is 0 Å². The molecule has 0 aromatic rings. The highest BCUT2D eigenvalue weighted by Gasteiger charge is 2.15. The maximum Gasteiger partial charge on any atom is 0.320 e. The topological polar surface area (TPSA) is 72.4 Å². The van der Waals surface area contributed by atoms with Gasteiger partial charge in [-0.2, -0.15) is 0 Å². The summed E-state index contributed by atoms with van der Waals surface area (Å²) in [6, 6.07) is -0.968. The smallest absolute Gasteiger partial charge is 0.320 e. The lowest BCUT2D eigenvalue weighted by atomic mass is 10.1. The SMILES string of the molecule is CC(C)[C@H](N[O-])C(=O)O. The number of carboxylic acids is 1. The molecule has 9 heavy (non-hydrogen) atoms. The molecule has 0 heterocycles. The largest absolute Gasteiger partial charge is 0.787 e. The van der Waals surface area contributed by atoms with E-state index in [1.165, 1.54) is 5.48 Å². The van der Waals surface area contributed by atoms with Gasteiger partial charge in [0.25, 0.3) is 0 Å². The molecule has 0 aromatic heterocycles. The molecule has 4 nitrogen and oxygen atoms in total. The van der Waals surface area contributed by atoms with Crippen molar-refractivity contribution in [1.82, 2.24) is 5.48 Å². The van der Waals surface area contributed by atoms with Gasteiger partial charge < -0.3 is 15.8 Å². The van der Waals surface area contributed by atoms with Crippen LogP contribution in [0.3, 0.4) is 0 Å². The number of aliphatic carboxylic acids is 1. The van der Waals surface area contributed by atoms with E-state index in [1.54, 1.807) is 13.8 Å². The Morgan fingerprint density at radius 3 is 2.11 bits per heavy atom. The van der Waals surface area contributed by atoms with Gasteiger partial charge in [0.05, 0.1) is 6.04 Å². The second-order valence-electron chi connectivity index (χ2n) is 2.18. The first-order valence-corrected chi connectivity index (χ1v) is 2.70. The zero-order chi connectivity index (χ0) is 7.44. The zero-order valence-electron chi connectivity index (χ0n) is 5.42. The Bertz CT molecular complexity index is 102. The summed E-state index contributed by atoms with van der Waals surface area (Å²) in [6.07, 6.45) is 0. The summed E-state index contributed by atoms with van der Waals surface area (Å²) in [5.74, 6) is -1.26. The van der Waals surface area contributed by atoms with Crippen LogP contribution < -0.4 is 5.48 Å². The second kappa shape index (κ2) is 3.42.